The molecule has 5 nitrogen and oxygen atoms in total. The number of hydrogen-bond acceptors (Lipinski definition) is 5. The third-order valence-corrected chi connectivity index (χ3v) is 3.33. The van der Waals surface area contributed by atoms with E-state index in [1.807, 2.05) is 18.2 Å². The lowest BCUT2D eigenvalue weighted by atomic mass is 10.0. The maximum absolute atomic E-state index is 5.64. The van der Waals surface area contributed by atoms with Gasteiger partial charge in [-0.15, -0.1) is 5.10 Å². The first-order valence-electron chi connectivity index (χ1n) is 7.46. The average Bonchev–Trinajstić information content (AvgIpc) is 2.98. The SMILES string of the molecule is CCCN(CCC)C(c1ccccc1)c1nnc(OC)o1. The van der Waals surface area contributed by atoms with Crippen LogP contribution in [-0.2, 0) is 0 Å². The van der Waals surface area contributed by atoms with Crippen LogP contribution < -0.4 is 4.74 Å². The summed E-state index contributed by atoms with van der Waals surface area (Å²) in [5.41, 5.74) is 1.16. The number of hydrogen-bond donors (Lipinski definition) is 0. The standard InChI is InChI=1S/C16H23N3O2/c1-4-11-19(12-5-2)14(13-9-7-6-8-10-13)15-17-18-16(20-3)21-15/h6-10,14H,4-5,11-12H2,1-3H3. The molecular formula is C16H23N3O2. The first kappa shape index (κ1) is 15.5. The molecule has 1 aromatic carbocycles. The van der Waals surface area contributed by atoms with Crippen molar-refractivity contribution in [3.8, 4) is 6.08 Å². The van der Waals surface area contributed by atoms with Crippen molar-refractivity contribution in [2.75, 3.05) is 20.2 Å². The predicted octanol–water partition coefficient (Wildman–Crippen LogP) is 3.29. The van der Waals surface area contributed by atoms with Crippen molar-refractivity contribution in [1.82, 2.24) is 15.1 Å². The topological polar surface area (TPSA) is 51.4 Å². The minimum absolute atomic E-state index is 0.0255. The van der Waals surface area contributed by atoms with E-state index < -0.39 is 0 Å². The number of benzene rings is 1. The van der Waals surface area contributed by atoms with Crippen molar-refractivity contribution in [3.63, 3.8) is 0 Å². The van der Waals surface area contributed by atoms with Gasteiger partial charge in [-0.2, -0.15) is 0 Å². The Balaban J connectivity index is 2.37. The van der Waals surface area contributed by atoms with Crippen LogP contribution in [0.2, 0.25) is 0 Å². The highest BCUT2D eigenvalue weighted by Crippen LogP contribution is 2.29. The third kappa shape index (κ3) is 3.82. The van der Waals surface area contributed by atoms with Gasteiger partial charge in [0, 0.05) is 0 Å². The van der Waals surface area contributed by atoms with Gasteiger partial charge in [-0.05, 0) is 31.5 Å². The minimum atomic E-state index is -0.0255. The van der Waals surface area contributed by atoms with Crippen LogP contribution in [0.4, 0.5) is 0 Å². The van der Waals surface area contributed by atoms with Crippen LogP contribution in [0, 0.1) is 0 Å². The quantitative estimate of drug-likeness (QED) is 0.746. The Morgan fingerprint density at radius 3 is 2.29 bits per heavy atom. The van der Waals surface area contributed by atoms with Crippen molar-refractivity contribution < 1.29 is 9.15 Å². The lowest BCUT2D eigenvalue weighted by Crippen LogP contribution is -2.31. The van der Waals surface area contributed by atoms with Crippen LogP contribution in [0.5, 0.6) is 6.08 Å². The fraction of sp³-hybridized carbons (Fsp3) is 0.500. The Hall–Kier alpha value is -1.88. The van der Waals surface area contributed by atoms with Gasteiger partial charge in [0.2, 0.25) is 5.89 Å². The number of ether oxygens (including phenoxy) is 1. The number of nitrogens with zero attached hydrogens (tertiary/aromatic N) is 3. The molecule has 1 atom stereocenters. The monoisotopic (exact) mass is 289 g/mol. The average molecular weight is 289 g/mol. The summed E-state index contributed by atoms with van der Waals surface area (Å²) in [7, 11) is 1.53. The van der Waals surface area contributed by atoms with Gasteiger partial charge in [0.1, 0.15) is 6.04 Å². The van der Waals surface area contributed by atoms with Crippen molar-refractivity contribution in [2.45, 2.75) is 32.7 Å². The first-order valence-corrected chi connectivity index (χ1v) is 7.46. The highest BCUT2D eigenvalue weighted by molar-refractivity contribution is 5.24. The fourth-order valence-electron chi connectivity index (χ4n) is 2.50. The molecule has 5 heteroatoms. The van der Waals surface area contributed by atoms with E-state index >= 15 is 0 Å². The molecule has 0 aliphatic carbocycles. The van der Waals surface area contributed by atoms with Crippen molar-refractivity contribution >= 4 is 0 Å². The van der Waals surface area contributed by atoms with Gasteiger partial charge in [0.05, 0.1) is 7.11 Å². The Morgan fingerprint density at radius 1 is 1.10 bits per heavy atom. The molecule has 0 amide bonds. The third-order valence-electron chi connectivity index (χ3n) is 3.33. The predicted molar refractivity (Wildman–Crippen MR) is 81.3 cm³/mol. The van der Waals surface area contributed by atoms with Gasteiger partial charge in [-0.1, -0.05) is 49.3 Å². The summed E-state index contributed by atoms with van der Waals surface area (Å²) in [5, 5.41) is 8.08. The van der Waals surface area contributed by atoms with Gasteiger partial charge in [0.25, 0.3) is 0 Å². The number of methoxy groups -OCH3 is 1. The number of aromatic nitrogens is 2. The Morgan fingerprint density at radius 2 is 1.76 bits per heavy atom. The molecule has 0 aliphatic heterocycles. The zero-order valence-electron chi connectivity index (χ0n) is 13.0. The Kier molecular flexibility index (Phi) is 5.75. The second kappa shape index (κ2) is 7.78. The summed E-state index contributed by atoms with van der Waals surface area (Å²) in [4.78, 5) is 2.38. The molecule has 0 saturated carbocycles. The molecule has 0 saturated heterocycles. The smallest absolute Gasteiger partial charge is 0.414 e. The molecule has 0 bridgehead atoms. The van der Waals surface area contributed by atoms with Crippen molar-refractivity contribution in [1.29, 1.82) is 0 Å². The van der Waals surface area contributed by atoms with Crippen LogP contribution in [-0.4, -0.2) is 35.3 Å². The van der Waals surface area contributed by atoms with E-state index in [1.54, 1.807) is 0 Å². The van der Waals surface area contributed by atoms with Crippen LogP contribution in [0.15, 0.2) is 34.7 Å². The van der Waals surface area contributed by atoms with Crippen molar-refractivity contribution in [2.24, 2.45) is 0 Å². The summed E-state index contributed by atoms with van der Waals surface area (Å²) in [6.45, 7) is 6.33. The summed E-state index contributed by atoms with van der Waals surface area (Å²) in [5.74, 6) is 0.583. The first-order chi connectivity index (χ1) is 10.3. The summed E-state index contributed by atoms with van der Waals surface area (Å²) >= 11 is 0. The van der Waals surface area contributed by atoms with E-state index in [4.69, 9.17) is 9.15 Å². The zero-order chi connectivity index (χ0) is 15.1. The maximum atomic E-state index is 5.64. The van der Waals surface area contributed by atoms with Crippen molar-refractivity contribution in [3.05, 3.63) is 41.8 Å². The maximum Gasteiger partial charge on any atom is 0.414 e. The van der Waals surface area contributed by atoms with Crippen LogP contribution in [0.3, 0.4) is 0 Å². The van der Waals surface area contributed by atoms with E-state index in [1.165, 1.54) is 7.11 Å². The molecule has 2 rings (SSSR count). The van der Waals surface area contributed by atoms with E-state index in [2.05, 4.69) is 41.1 Å². The number of rotatable bonds is 8. The van der Waals surface area contributed by atoms with E-state index in [0.29, 0.717) is 5.89 Å². The van der Waals surface area contributed by atoms with Crippen LogP contribution >= 0.6 is 0 Å². The lowest BCUT2D eigenvalue weighted by molar-refractivity contribution is 0.187. The normalized spacial score (nSPS) is 12.6. The van der Waals surface area contributed by atoms with E-state index in [9.17, 15) is 0 Å². The molecule has 0 fully saturated rings. The molecule has 114 valence electrons. The van der Waals surface area contributed by atoms with Gasteiger partial charge >= 0.3 is 6.08 Å². The molecule has 1 unspecified atom stereocenters. The highest BCUT2D eigenvalue weighted by Gasteiger charge is 2.26. The molecule has 21 heavy (non-hydrogen) atoms. The molecule has 2 aromatic rings. The Bertz CT molecular complexity index is 521. The largest absolute Gasteiger partial charge is 0.452 e. The van der Waals surface area contributed by atoms with Gasteiger partial charge in [-0.25, -0.2) is 0 Å². The fourth-order valence-corrected chi connectivity index (χ4v) is 2.50. The molecule has 0 radical (unpaired) electrons. The second-order valence-corrected chi connectivity index (χ2v) is 4.96. The molecule has 1 heterocycles. The second-order valence-electron chi connectivity index (χ2n) is 4.96. The van der Waals surface area contributed by atoms with Crippen LogP contribution in [0.1, 0.15) is 44.2 Å². The molecule has 0 aliphatic rings. The van der Waals surface area contributed by atoms with E-state index in [0.717, 1.165) is 31.5 Å². The molecule has 0 spiro atoms. The zero-order valence-corrected chi connectivity index (χ0v) is 13.0. The lowest BCUT2D eigenvalue weighted by Gasteiger charge is -2.29. The van der Waals surface area contributed by atoms with Gasteiger partial charge < -0.3 is 9.15 Å². The highest BCUT2D eigenvalue weighted by atomic mass is 16.6. The molecular weight excluding hydrogens is 266 g/mol. The molecule has 0 N–H and O–H groups in total. The van der Waals surface area contributed by atoms with Gasteiger partial charge in [-0.3, -0.25) is 4.90 Å². The summed E-state index contributed by atoms with van der Waals surface area (Å²) < 4.78 is 10.7. The summed E-state index contributed by atoms with van der Waals surface area (Å²) in [6, 6.07) is 10.2. The minimum Gasteiger partial charge on any atom is -0.452 e. The Labute approximate surface area is 125 Å². The van der Waals surface area contributed by atoms with Crippen LogP contribution in [0.25, 0.3) is 0 Å². The molecule has 1 aromatic heterocycles. The van der Waals surface area contributed by atoms with E-state index in [-0.39, 0.29) is 12.1 Å². The van der Waals surface area contributed by atoms with Gasteiger partial charge in [0.15, 0.2) is 0 Å². The summed E-state index contributed by atoms with van der Waals surface area (Å²) in [6.07, 6.45) is 2.36.